The molecule has 186 valence electrons. The first kappa shape index (κ1) is 23.4. The Hall–Kier alpha value is -3.97. The molecule has 3 atom stereocenters. The Bertz CT molecular complexity index is 1350. The van der Waals surface area contributed by atoms with Crippen LogP contribution in [0, 0.1) is 11.8 Å². The van der Waals surface area contributed by atoms with Crippen LogP contribution < -0.4 is 5.32 Å². The molecule has 3 aromatic rings. The molecule has 8 heteroatoms. The fourth-order valence-electron chi connectivity index (χ4n) is 6.21. The van der Waals surface area contributed by atoms with Gasteiger partial charge < -0.3 is 10.1 Å². The van der Waals surface area contributed by atoms with Gasteiger partial charge in [-0.3, -0.25) is 19.3 Å². The van der Waals surface area contributed by atoms with E-state index in [-0.39, 0.29) is 23.7 Å². The number of esters is 1. The normalized spacial score (nSPS) is 23.7. The average molecular weight is 515 g/mol. The maximum absolute atomic E-state index is 13.7. The molecule has 7 nitrogen and oxygen atoms in total. The summed E-state index contributed by atoms with van der Waals surface area (Å²) in [5, 5.41) is 3.05. The molecule has 1 fully saturated rings. The van der Waals surface area contributed by atoms with Gasteiger partial charge in [0, 0.05) is 22.5 Å². The minimum atomic E-state index is -1.16. The fourth-order valence-corrected chi connectivity index (χ4v) is 6.40. The summed E-state index contributed by atoms with van der Waals surface area (Å²) in [6, 6.07) is 21.3. The van der Waals surface area contributed by atoms with Crippen molar-refractivity contribution in [1.29, 1.82) is 0 Å². The Morgan fingerprint density at radius 1 is 0.865 bits per heavy atom. The highest BCUT2D eigenvalue weighted by Crippen LogP contribution is 2.61. The molecular weight excluding hydrogens is 492 g/mol. The maximum atomic E-state index is 13.7. The highest BCUT2D eigenvalue weighted by molar-refractivity contribution is 6.30. The van der Waals surface area contributed by atoms with Crippen LogP contribution in [0.2, 0.25) is 5.02 Å². The van der Waals surface area contributed by atoms with Crippen LogP contribution in [0.25, 0.3) is 0 Å². The van der Waals surface area contributed by atoms with E-state index in [1.54, 1.807) is 24.3 Å². The minimum Gasteiger partial charge on any atom is -0.454 e. The zero-order chi connectivity index (χ0) is 25.8. The smallest absolute Gasteiger partial charge is 0.329 e. The lowest BCUT2D eigenvalue weighted by molar-refractivity contribution is -0.159. The van der Waals surface area contributed by atoms with Gasteiger partial charge in [-0.1, -0.05) is 66.2 Å². The summed E-state index contributed by atoms with van der Waals surface area (Å²) in [7, 11) is 0. The Balaban J connectivity index is 1.22. The first-order chi connectivity index (χ1) is 17.9. The number of carbonyl (C=O) groups excluding carboxylic acids is 4. The number of amides is 3. The SMILES string of the molecule is C[C@H](C(=O)OCC(=O)Nc1cccc(Cl)c1)N1C(=O)[C@H]2C3c4ccccc4C(c4ccccc43)[C@@H]2C1=O. The van der Waals surface area contributed by atoms with Crippen LogP contribution >= 0.6 is 11.6 Å². The van der Waals surface area contributed by atoms with Gasteiger partial charge in [0.1, 0.15) is 6.04 Å². The fraction of sp³-hybridized carbons (Fsp3) is 0.241. The molecule has 37 heavy (non-hydrogen) atoms. The molecular formula is C29H23ClN2O5. The molecule has 1 saturated heterocycles. The van der Waals surface area contributed by atoms with Gasteiger partial charge in [0.05, 0.1) is 11.8 Å². The summed E-state index contributed by atoms with van der Waals surface area (Å²) >= 11 is 5.93. The number of nitrogens with zero attached hydrogens (tertiary/aromatic N) is 1. The monoisotopic (exact) mass is 514 g/mol. The highest BCUT2D eigenvalue weighted by Gasteiger charge is 2.62. The van der Waals surface area contributed by atoms with Crippen molar-refractivity contribution < 1.29 is 23.9 Å². The summed E-state index contributed by atoms with van der Waals surface area (Å²) in [5.41, 5.74) is 4.70. The van der Waals surface area contributed by atoms with Gasteiger partial charge in [-0.15, -0.1) is 0 Å². The number of halogens is 1. The third-order valence-electron chi connectivity index (χ3n) is 7.66. The topological polar surface area (TPSA) is 92.8 Å². The average Bonchev–Trinajstić information content (AvgIpc) is 3.17. The quantitative estimate of drug-likeness (QED) is 0.409. The number of carbonyl (C=O) groups is 4. The van der Waals surface area contributed by atoms with Crippen LogP contribution in [0.1, 0.15) is 41.0 Å². The van der Waals surface area contributed by atoms with Crippen molar-refractivity contribution in [2.75, 3.05) is 11.9 Å². The lowest BCUT2D eigenvalue weighted by Crippen LogP contribution is -2.45. The second kappa shape index (κ2) is 8.85. The molecule has 1 N–H and O–H groups in total. The summed E-state index contributed by atoms with van der Waals surface area (Å²) in [5.74, 6) is -3.79. The summed E-state index contributed by atoms with van der Waals surface area (Å²) in [6.07, 6.45) is 0. The lowest BCUT2D eigenvalue weighted by Gasteiger charge is -2.45. The zero-order valence-electron chi connectivity index (χ0n) is 19.9. The minimum absolute atomic E-state index is 0.254. The van der Waals surface area contributed by atoms with Gasteiger partial charge in [-0.25, -0.2) is 4.79 Å². The second-order valence-corrected chi connectivity index (χ2v) is 10.1. The van der Waals surface area contributed by atoms with E-state index in [2.05, 4.69) is 5.32 Å². The van der Waals surface area contributed by atoms with Crippen molar-refractivity contribution in [2.24, 2.45) is 11.8 Å². The number of ether oxygens (including phenoxy) is 1. The number of hydrogen-bond acceptors (Lipinski definition) is 5. The van der Waals surface area contributed by atoms with Crippen LogP contribution in [0.4, 0.5) is 5.69 Å². The molecule has 0 saturated carbocycles. The van der Waals surface area contributed by atoms with E-state index < -0.39 is 36.4 Å². The number of nitrogens with one attached hydrogen (secondary N) is 1. The van der Waals surface area contributed by atoms with Crippen LogP contribution in [-0.4, -0.2) is 41.2 Å². The third-order valence-corrected chi connectivity index (χ3v) is 7.90. The first-order valence-corrected chi connectivity index (χ1v) is 12.5. The molecule has 2 bridgehead atoms. The van der Waals surface area contributed by atoms with E-state index in [0.717, 1.165) is 27.2 Å². The molecule has 0 radical (unpaired) electrons. The van der Waals surface area contributed by atoms with E-state index >= 15 is 0 Å². The van der Waals surface area contributed by atoms with Crippen LogP contribution in [-0.2, 0) is 23.9 Å². The molecule has 0 unspecified atom stereocenters. The first-order valence-electron chi connectivity index (χ1n) is 12.1. The summed E-state index contributed by atoms with van der Waals surface area (Å²) in [4.78, 5) is 53.6. The Kier molecular flexibility index (Phi) is 5.60. The largest absolute Gasteiger partial charge is 0.454 e. The van der Waals surface area contributed by atoms with E-state index in [0.29, 0.717) is 10.7 Å². The number of hydrogen-bond donors (Lipinski definition) is 1. The van der Waals surface area contributed by atoms with E-state index in [1.165, 1.54) is 6.92 Å². The van der Waals surface area contributed by atoms with Gasteiger partial charge in [0.2, 0.25) is 11.8 Å². The predicted molar refractivity (Wildman–Crippen MR) is 136 cm³/mol. The standard InChI is InChI=1S/C29H23ClN2O5/c1-15(29(36)37-14-22(33)31-17-8-6-7-16(30)13-17)32-27(34)25-23-18-9-2-3-10-19(18)24(26(25)28(32)35)21-12-5-4-11-20(21)23/h2-13,15,23-26H,14H2,1H3,(H,31,33)/t15-,23?,24?,25+,26+/m1/s1. The van der Waals surface area contributed by atoms with Crippen LogP contribution in [0.5, 0.6) is 0 Å². The molecule has 3 aliphatic carbocycles. The second-order valence-electron chi connectivity index (χ2n) is 9.65. The van der Waals surface area contributed by atoms with Gasteiger partial charge in [-0.05, 0) is 47.4 Å². The van der Waals surface area contributed by atoms with E-state index in [4.69, 9.17) is 16.3 Å². The van der Waals surface area contributed by atoms with E-state index in [1.807, 2.05) is 48.5 Å². The molecule has 0 spiro atoms. The number of anilines is 1. The summed E-state index contributed by atoms with van der Waals surface area (Å²) in [6.45, 7) is 0.910. The number of likely N-dealkylation sites (tertiary alicyclic amines) is 1. The predicted octanol–water partition coefficient (Wildman–Crippen LogP) is 4.10. The molecule has 3 amide bonds. The number of benzene rings is 3. The van der Waals surface area contributed by atoms with Crippen molar-refractivity contribution in [1.82, 2.24) is 4.90 Å². The molecule has 7 rings (SSSR count). The van der Waals surface area contributed by atoms with Crippen LogP contribution in [0.3, 0.4) is 0 Å². The zero-order valence-corrected chi connectivity index (χ0v) is 20.6. The van der Waals surface area contributed by atoms with Crippen molar-refractivity contribution in [3.63, 3.8) is 0 Å². The van der Waals surface area contributed by atoms with Crippen molar-refractivity contribution in [3.05, 3.63) is 100 Å². The molecule has 0 aromatic heterocycles. The lowest BCUT2D eigenvalue weighted by atomic mass is 9.55. The van der Waals surface area contributed by atoms with Crippen molar-refractivity contribution in [3.8, 4) is 0 Å². The van der Waals surface area contributed by atoms with E-state index in [9.17, 15) is 19.2 Å². The van der Waals surface area contributed by atoms with Crippen LogP contribution in [0.15, 0.2) is 72.8 Å². The van der Waals surface area contributed by atoms with Gasteiger partial charge in [0.15, 0.2) is 6.61 Å². The summed E-state index contributed by atoms with van der Waals surface area (Å²) < 4.78 is 5.19. The Labute approximate surface area is 218 Å². The highest BCUT2D eigenvalue weighted by atomic mass is 35.5. The molecule has 3 aromatic carbocycles. The number of imide groups is 1. The molecule has 4 aliphatic rings. The maximum Gasteiger partial charge on any atom is 0.329 e. The van der Waals surface area contributed by atoms with Crippen molar-refractivity contribution >= 4 is 41.0 Å². The number of rotatable bonds is 5. The molecule has 1 heterocycles. The third kappa shape index (κ3) is 3.64. The van der Waals surface area contributed by atoms with Gasteiger partial charge >= 0.3 is 5.97 Å². The van der Waals surface area contributed by atoms with Gasteiger partial charge in [0.25, 0.3) is 5.91 Å². The van der Waals surface area contributed by atoms with Gasteiger partial charge in [-0.2, -0.15) is 0 Å². The Morgan fingerprint density at radius 3 is 1.86 bits per heavy atom. The van der Waals surface area contributed by atoms with Crippen molar-refractivity contribution in [2.45, 2.75) is 24.8 Å². The Morgan fingerprint density at radius 2 is 1.38 bits per heavy atom. The molecule has 1 aliphatic heterocycles.